The summed E-state index contributed by atoms with van der Waals surface area (Å²) in [7, 11) is 0. The van der Waals surface area contributed by atoms with Crippen molar-refractivity contribution in [1.29, 1.82) is 0 Å². The zero-order chi connectivity index (χ0) is 26.3. The first-order valence-electron chi connectivity index (χ1n) is 12.4. The number of carbonyl (C=O) groups is 2. The SMILES string of the molecule is O=C(N[C@@H](Cc1ccccc1)[C@@H]1CN(c2ccc(SCc3ccccc3)cc2)C(=O)O1)c1ccc(F)cc1. The van der Waals surface area contributed by atoms with E-state index in [4.69, 9.17) is 4.74 Å². The summed E-state index contributed by atoms with van der Waals surface area (Å²) in [6, 6.07) is 32.7. The first-order chi connectivity index (χ1) is 18.5. The van der Waals surface area contributed by atoms with E-state index in [2.05, 4.69) is 17.4 Å². The van der Waals surface area contributed by atoms with Gasteiger partial charge in [-0.3, -0.25) is 9.69 Å². The van der Waals surface area contributed by atoms with Crippen LogP contribution in [-0.2, 0) is 16.9 Å². The third-order valence-electron chi connectivity index (χ3n) is 6.40. The van der Waals surface area contributed by atoms with Crippen molar-refractivity contribution in [3.8, 4) is 0 Å². The number of thioether (sulfide) groups is 1. The Kier molecular flexibility index (Phi) is 8.04. The quantitative estimate of drug-likeness (QED) is 0.254. The molecule has 192 valence electrons. The van der Waals surface area contributed by atoms with Gasteiger partial charge >= 0.3 is 6.09 Å². The maximum absolute atomic E-state index is 13.3. The van der Waals surface area contributed by atoms with Crippen molar-refractivity contribution >= 4 is 29.4 Å². The Bertz CT molecular complexity index is 1370. The topological polar surface area (TPSA) is 58.6 Å². The molecule has 2 atom stereocenters. The fourth-order valence-electron chi connectivity index (χ4n) is 4.36. The molecule has 0 aliphatic carbocycles. The number of nitrogens with zero attached hydrogens (tertiary/aromatic N) is 1. The summed E-state index contributed by atoms with van der Waals surface area (Å²) >= 11 is 1.73. The minimum atomic E-state index is -0.556. The summed E-state index contributed by atoms with van der Waals surface area (Å²) in [5, 5.41) is 3.01. The van der Waals surface area contributed by atoms with Crippen LogP contribution in [0.4, 0.5) is 14.9 Å². The van der Waals surface area contributed by atoms with E-state index in [1.807, 2.05) is 72.8 Å². The van der Waals surface area contributed by atoms with Crippen molar-refractivity contribution in [1.82, 2.24) is 5.32 Å². The number of halogens is 1. The molecule has 0 spiro atoms. The minimum absolute atomic E-state index is 0.302. The van der Waals surface area contributed by atoms with Crippen LogP contribution in [0.1, 0.15) is 21.5 Å². The van der Waals surface area contributed by atoms with Gasteiger partial charge < -0.3 is 10.1 Å². The predicted molar refractivity (Wildman–Crippen MR) is 148 cm³/mol. The minimum Gasteiger partial charge on any atom is -0.442 e. The number of carbonyl (C=O) groups excluding carboxylic acids is 2. The monoisotopic (exact) mass is 526 g/mol. The number of hydrogen-bond donors (Lipinski definition) is 1. The molecule has 5 rings (SSSR count). The van der Waals surface area contributed by atoms with Crippen LogP contribution in [0.15, 0.2) is 114 Å². The van der Waals surface area contributed by atoms with E-state index in [0.717, 1.165) is 21.9 Å². The van der Waals surface area contributed by atoms with Gasteiger partial charge in [0.2, 0.25) is 0 Å². The molecule has 1 heterocycles. The fourth-order valence-corrected chi connectivity index (χ4v) is 5.22. The Morgan fingerprint density at radius 2 is 1.53 bits per heavy atom. The molecule has 1 aliphatic rings. The van der Waals surface area contributed by atoms with Gasteiger partial charge in [-0.2, -0.15) is 0 Å². The first kappa shape index (κ1) is 25.5. The van der Waals surface area contributed by atoms with Gasteiger partial charge in [0.15, 0.2) is 0 Å². The Labute approximate surface area is 225 Å². The zero-order valence-electron chi connectivity index (χ0n) is 20.6. The Morgan fingerprint density at radius 1 is 0.895 bits per heavy atom. The standard InChI is InChI=1S/C31H27FN2O3S/c32-25-13-11-24(12-14-25)30(35)33-28(19-22-7-3-1-4-8-22)29-20-34(31(36)37-29)26-15-17-27(18-16-26)38-21-23-9-5-2-6-10-23/h1-18,28-29H,19-21H2,(H,33,35)/t28-,29-/m0/s1. The Balaban J connectivity index is 1.28. The number of hydrogen-bond acceptors (Lipinski definition) is 4. The van der Waals surface area contributed by atoms with Crippen LogP contribution < -0.4 is 10.2 Å². The van der Waals surface area contributed by atoms with Gasteiger partial charge in [-0.15, -0.1) is 11.8 Å². The number of ether oxygens (including phenoxy) is 1. The third kappa shape index (κ3) is 6.42. The number of nitrogens with one attached hydrogen (secondary N) is 1. The molecule has 0 bridgehead atoms. The molecule has 2 amide bonds. The molecule has 4 aromatic carbocycles. The lowest BCUT2D eigenvalue weighted by atomic mass is 10.0. The molecule has 1 saturated heterocycles. The number of anilines is 1. The third-order valence-corrected chi connectivity index (χ3v) is 7.49. The Hall–Kier alpha value is -4.10. The molecule has 5 nitrogen and oxygen atoms in total. The molecule has 0 unspecified atom stereocenters. The average Bonchev–Trinajstić information content (AvgIpc) is 3.34. The second-order valence-electron chi connectivity index (χ2n) is 9.08. The molecule has 1 N–H and O–H groups in total. The van der Waals surface area contributed by atoms with E-state index in [1.165, 1.54) is 29.8 Å². The highest BCUT2D eigenvalue weighted by Crippen LogP contribution is 2.28. The summed E-state index contributed by atoms with van der Waals surface area (Å²) in [5.74, 6) is 0.107. The van der Waals surface area contributed by atoms with Gasteiger partial charge in [0.05, 0.1) is 12.6 Å². The van der Waals surface area contributed by atoms with E-state index in [1.54, 1.807) is 16.7 Å². The number of rotatable bonds is 9. The highest BCUT2D eigenvalue weighted by atomic mass is 32.2. The smallest absolute Gasteiger partial charge is 0.414 e. The second kappa shape index (κ2) is 12.0. The molecular weight excluding hydrogens is 499 g/mol. The maximum atomic E-state index is 13.3. The van der Waals surface area contributed by atoms with Gasteiger partial charge in [-0.05, 0) is 66.1 Å². The van der Waals surface area contributed by atoms with E-state index in [0.29, 0.717) is 18.5 Å². The van der Waals surface area contributed by atoms with Crippen molar-refractivity contribution < 1.29 is 18.7 Å². The van der Waals surface area contributed by atoms with Crippen LogP contribution in [0, 0.1) is 5.82 Å². The molecule has 1 aliphatic heterocycles. The second-order valence-corrected chi connectivity index (χ2v) is 10.1. The molecule has 38 heavy (non-hydrogen) atoms. The highest BCUT2D eigenvalue weighted by molar-refractivity contribution is 7.98. The maximum Gasteiger partial charge on any atom is 0.414 e. The van der Waals surface area contributed by atoms with Crippen molar-refractivity contribution in [3.63, 3.8) is 0 Å². The predicted octanol–water partition coefficient (Wildman–Crippen LogP) is 6.48. The van der Waals surface area contributed by atoms with Gasteiger partial charge in [-0.1, -0.05) is 60.7 Å². The van der Waals surface area contributed by atoms with E-state index in [9.17, 15) is 14.0 Å². The molecule has 4 aromatic rings. The van der Waals surface area contributed by atoms with Crippen LogP contribution in [0.5, 0.6) is 0 Å². The molecular formula is C31H27FN2O3S. The number of amides is 2. The van der Waals surface area contributed by atoms with Gasteiger partial charge in [0.1, 0.15) is 11.9 Å². The average molecular weight is 527 g/mol. The lowest BCUT2D eigenvalue weighted by molar-refractivity contribution is 0.0840. The fraction of sp³-hybridized carbons (Fsp3) is 0.161. The summed E-state index contributed by atoms with van der Waals surface area (Å²) in [6.45, 7) is 0.302. The largest absolute Gasteiger partial charge is 0.442 e. The summed E-state index contributed by atoms with van der Waals surface area (Å²) in [6.07, 6.45) is -0.526. The zero-order valence-corrected chi connectivity index (χ0v) is 21.4. The summed E-state index contributed by atoms with van der Waals surface area (Å²) in [4.78, 5) is 28.5. The lowest BCUT2D eigenvalue weighted by Crippen LogP contribution is -2.46. The molecule has 1 fully saturated rings. The molecule has 0 saturated carbocycles. The van der Waals surface area contributed by atoms with Crippen LogP contribution in [0.25, 0.3) is 0 Å². The van der Waals surface area contributed by atoms with E-state index in [-0.39, 0.29) is 5.91 Å². The van der Waals surface area contributed by atoms with Crippen LogP contribution in [0.2, 0.25) is 0 Å². The van der Waals surface area contributed by atoms with Crippen molar-refractivity contribution in [2.75, 3.05) is 11.4 Å². The Morgan fingerprint density at radius 3 is 2.18 bits per heavy atom. The van der Waals surface area contributed by atoms with Crippen molar-refractivity contribution in [3.05, 3.63) is 132 Å². The summed E-state index contributed by atoms with van der Waals surface area (Å²) < 4.78 is 19.1. The molecule has 0 radical (unpaired) electrons. The lowest BCUT2D eigenvalue weighted by Gasteiger charge is -2.23. The first-order valence-corrected chi connectivity index (χ1v) is 13.4. The highest BCUT2D eigenvalue weighted by Gasteiger charge is 2.38. The van der Waals surface area contributed by atoms with Crippen molar-refractivity contribution in [2.45, 2.75) is 29.2 Å². The van der Waals surface area contributed by atoms with Crippen molar-refractivity contribution in [2.24, 2.45) is 0 Å². The van der Waals surface area contributed by atoms with E-state index < -0.39 is 24.1 Å². The van der Waals surface area contributed by atoms with Gasteiger partial charge in [0, 0.05) is 21.9 Å². The normalized spacial score (nSPS) is 15.7. The molecule has 0 aromatic heterocycles. The number of cyclic esters (lactones) is 1. The van der Waals surface area contributed by atoms with E-state index >= 15 is 0 Å². The molecule has 7 heteroatoms. The van der Waals surface area contributed by atoms with Crippen LogP contribution in [-0.4, -0.2) is 30.7 Å². The van der Waals surface area contributed by atoms with Crippen LogP contribution >= 0.6 is 11.8 Å². The van der Waals surface area contributed by atoms with Gasteiger partial charge in [-0.25, -0.2) is 9.18 Å². The van der Waals surface area contributed by atoms with Gasteiger partial charge in [0.25, 0.3) is 5.91 Å². The summed E-state index contributed by atoms with van der Waals surface area (Å²) in [5.41, 5.74) is 3.34. The van der Waals surface area contributed by atoms with Crippen LogP contribution in [0.3, 0.4) is 0 Å². The number of benzene rings is 4.